The van der Waals surface area contributed by atoms with E-state index in [4.69, 9.17) is 0 Å². The molecule has 1 amide bonds. The Bertz CT molecular complexity index is 370. The lowest BCUT2D eigenvalue weighted by Gasteiger charge is -2.29. The molecule has 2 heterocycles. The summed E-state index contributed by atoms with van der Waals surface area (Å²) in [5.74, 6) is 0.160. The molecule has 1 aliphatic heterocycles. The number of piperidine rings is 1. The Morgan fingerprint density at radius 2 is 1.94 bits per heavy atom. The molecule has 1 aliphatic rings. The minimum atomic E-state index is 0.0340. The summed E-state index contributed by atoms with van der Waals surface area (Å²) in [6, 6.07) is 3.43. The predicted molar refractivity (Wildman–Crippen MR) is 58.9 cm³/mol. The van der Waals surface area contributed by atoms with Gasteiger partial charge in [0.1, 0.15) is 6.29 Å². The van der Waals surface area contributed by atoms with Gasteiger partial charge in [0.25, 0.3) is 5.91 Å². The summed E-state index contributed by atoms with van der Waals surface area (Å²) >= 11 is 0. The van der Waals surface area contributed by atoms with Crippen molar-refractivity contribution in [2.45, 2.75) is 12.8 Å². The molecule has 4 nitrogen and oxygen atoms in total. The highest BCUT2D eigenvalue weighted by molar-refractivity contribution is 5.94. The molecule has 1 saturated heterocycles. The van der Waals surface area contributed by atoms with Crippen molar-refractivity contribution in [3.63, 3.8) is 0 Å². The number of carbonyl (C=O) groups is 2. The third kappa shape index (κ3) is 2.27. The molecule has 0 atom stereocenters. The van der Waals surface area contributed by atoms with Crippen LogP contribution in [0.3, 0.4) is 0 Å². The van der Waals surface area contributed by atoms with Crippen molar-refractivity contribution in [2.24, 2.45) is 5.92 Å². The van der Waals surface area contributed by atoms with E-state index in [9.17, 15) is 9.59 Å². The molecule has 16 heavy (non-hydrogen) atoms. The summed E-state index contributed by atoms with van der Waals surface area (Å²) in [5.41, 5.74) is 0.666. The monoisotopic (exact) mass is 218 g/mol. The molecule has 1 aromatic rings. The van der Waals surface area contributed by atoms with E-state index < -0.39 is 0 Å². The van der Waals surface area contributed by atoms with Gasteiger partial charge < -0.3 is 9.69 Å². The zero-order valence-corrected chi connectivity index (χ0v) is 9.00. The highest BCUT2D eigenvalue weighted by atomic mass is 16.2. The summed E-state index contributed by atoms with van der Waals surface area (Å²) in [7, 11) is 0. The third-order valence-corrected chi connectivity index (χ3v) is 2.95. The topological polar surface area (TPSA) is 50.3 Å². The lowest BCUT2D eigenvalue weighted by Crippen LogP contribution is -2.38. The van der Waals surface area contributed by atoms with Crippen LogP contribution in [0.5, 0.6) is 0 Å². The molecular weight excluding hydrogens is 204 g/mol. The van der Waals surface area contributed by atoms with Crippen LogP contribution in [0, 0.1) is 5.92 Å². The zero-order valence-electron chi connectivity index (χ0n) is 9.00. The molecule has 0 saturated carbocycles. The first kappa shape index (κ1) is 10.8. The van der Waals surface area contributed by atoms with Gasteiger partial charge in [0, 0.05) is 37.0 Å². The van der Waals surface area contributed by atoms with Crippen molar-refractivity contribution in [2.75, 3.05) is 13.1 Å². The van der Waals surface area contributed by atoms with E-state index in [0.717, 1.165) is 19.1 Å². The number of hydrogen-bond donors (Lipinski definition) is 0. The van der Waals surface area contributed by atoms with Crippen LogP contribution in [0.4, 0.5) is 0 Å². The van der Waals surface area contributed by atoms with Gasteiger partial charge in [-0.15, -0.1) is 0 Å². The van der Waals surface area contributed by atoms with Crippen molar-refractivity contribution in [3.8, 4) is 0 Å². The fraction of sp³-hybridized carbons (Fsp3) is 0.417. The number of nitrogens with zero attached hydrogens (tertiary/aromatic N) is 2. The first-order valence-corrected chi connectivity index (χ1v) is 5.46. The van der Waals surface area contributed by atoms with Crippen molar-refractivity contribution in [1.29, 1.82) is 0 Å². The van der Waals surface area contributed by atoms with Crippen LogP contribution in [-0.2, 0) is 4.79 Å². The Labute approximate surface area is 94.3 Å². The van der Waals surface area contributed by atoms with Gasteiger partial charge >= 0.3 is 0 Å². The van der Waals surface area contributed by atoms with Gasteiger partial charge in [-0.2, -0.15) is 0 Å². The fourth-order valence-electron chi connectivity index (χ4n) is 1.92. The molecule has 4 heteroatoms. The first-order chi connectivity index (χ1) is 7.81. The van der Waals surface area contributed by atoms with Crippen molar-refractivity contribution < 1.29 is 9.59 Å². The van der Waals surface area contributed by atoms with Crippen LogP contribution in [0.2, 0.25) is 0 Å². The summed E-state index contributed by atoms with van der Waals surface area (Å²) in [4.78, 5) is 28.3. The second kappa shape index (κ2) is 4.88. The van der Waals surface area contributed by atoms with E-state index in [-0.39, 0.29) is 11.8 Å². The zero-order chi connectivity index (χ0) is 11.4. The number of rotatable bonds is 2. The highest BCUT2D eigenvalue weighted by Gasteiger charge is 2.22. The number of hydrogen-bond acceptors (Lipinski definition) is 3. The number of amides is 1. The van der Waals surface area contributed by atoms with Gasteiger partial charge in [-0.25, -0.2) is 0 Å². The van der Waals surface area contributed by atoms with Crippen LogP contribution in [-0.4, -0.2) is 35.2 Å². The van der Waals surface area contributed by atoms with Crippen LogP contribution in [0.1, 0.15) is 23.2 Å². The van der Waals surface area contributed by atoms with Gasteiger partial charge in [-0.1, -0.05) is 0 Å². The Balaban J connectivity index is 1.99. The van der Waals surface area contributed by atoms with E-state index in [1.807, 2.05) is 0 Å². The summed E-state index contributed by atoms with van der Waals surface area (Å²) in [5, 5.41) is 0. The Morgan fingerprint density at radius 3 is 2.50 bits per heavy atom. The average molecular weight is 218 g/mol. The van der Waals surface area contributed by atoms with E-state index in [1.165, 1.54) is 0 Å². The molecule has 0 aromatic carbocycles. The maximum absolute atomic E-state index is 12.0. The molecule has 0 radical (unpaired) electrons. The van der Waals surface area contributed by atoms with Gasteiger partial charge in [0.2, 0.25) is 0 Å². The number of likely N-dealkylation sites (tertiary alicyclic amines) is 1. The lowest BCUT2D eigenvalue weighted by molar-refractivity contribution is -0.112. The SMILES string of the molecule is O=CC1CCN(C(=O)c2ccncc2)CC1. The van der Waals surface area contributed by atoms with Crippen molar-refractivity contribution in [3.05, 3.63) is 30.1 Å². The summed E-state index contributed by atoms with van der Waals surface area (Å²) < 4.78 is 0. The number of aldehydes is 1. The second-order valence-corrected chi connectivity index (χ2v) is 4.00. The van der Waals surface area contributed by atoms with Crippen LogP contribution in [0.15, 0.2) is 24.5 Å². The van der Waals surface area contributed by atoms with Gasteiger partial charge in [0.05, 0.1) is 0 Å². The summed E-state index contributed by atoms with van der Waals surface area (Å²) in [6.45, 7) is 1.34. The minimum absolute atomic E-state index is 0.0340. The molecule has 0 N–H and O–H groups in total. The van der Waals surface area contributed by atoms with Crippen molar-refractivity contribution >= 4 is 12.2 Å². The molecule has 0 unspecified atom stereocenters. The second-order valence-electron chi connectivity index (χ2n) is 4.00. The molecular formula is C12H14N2O2. The highest BCUT2D eigenvalue weighted by Crippen LogP contribution is 2.16. The maximum atomic E-state index is 12.0. The number of carbonyl (C=O) groups excluding carboxylic acids is 2. The quantitative estimate of drug-likeness (QED) is 0.699. The Kier molecular flexibility index (Phi) is 3.29. The van der Waals surface area contributed by atoms with Crippen LogP contribution in [0.25, 0.3) is 0 Å². The standard InChI is InChI=1S/C12H14N2O2/c15-9-10-3-7-14(8-4-10)12(16)11-1-5-13-6-2-11/h1-2,5-6,9-10H,3-4,7-8H2. The van der Waals surface area contributed by atoms with Gasteiger partial charge in [-0.05, 0) is 25.0 Å². The Hall–Kier alpha value is -1.71. The Morgan fingerprint density at radius 1 is 1.31 bits per heavy atom. The van der Waals surface area contributed by atoms with E-state index in [0.29, 0.717) is 18.7 Å². The molecule has 1 fully saturated rings. The van der Waals surface area contributed by atoms with Gasteiger partial charge in [-0.3, -0.25) is 9.78 Å². The van der Waals surface area contributed by atoms with E-state index >= 15 is 0 Å². The smallest absolute Gasteiger partial charge is 0.253 e. The molecule has 0 spiro atoms. The predicted octanol–water partition coefficient (Wildman–Crippen LogP) is 1.13. The normalized spacial score (nSPS) is 17.1. The van der Waals surface area contributed by atoms with Gasteiger partial charge in [0.15, 0.2) is 0 Å². The van der Waals surface area contributed by atoms with Crippen LogP contribution < -0.4 is 0 Å². The van der Waals surface area contributed by atoms with E-state index in [1.54, 1.807) is 29.4 Å². The molecule has 84 valence electrons. The lowest BCUT2D eigenvalue weighted by atomic mass is 9.98. The largest absolute Gasteiger partial charge is 0.339 e. The maximum Gasteiger partial charge on any atom is 0.253 e. The number of aromatic nitrogens is 1. The fourth-order valence-corrected chi connectivity index (χ4v) is 1.92. The number of pyridine rings is 1. The molecule has 1 aromatic heterocycles. The molecule has 2 rings (SSSR count). The minimum Gasteiger partial charge on any atom is -0.339 e. The molecule has 0 bridgehead atoms. The van der Waals surface area contributed by atoms with Crippen LogP contribution >= 0.6 is 0 Å². The first-order valence-electron chi connectivity index (χ1n) is 5.46. The summed E-state index contributed by atoms with van der Waals surface area (Å²) in [6.07, 6.45) is 5.78. The third-order valence-electron chi connectivity index (χ3n) is 2.95. The molecule has 0 aliphatic carbocycles. The average Bonchev–Trinajstić information content (AvgIpc) is 2.39. The van der Waals surface area contributed by atoms with E-state index in [2.05, 4.69) is 4.98 Å². The van der Waals surface area contributed by atoms with Crippen molar-refractivity contribution in [1.82, 2.24) is 9.88 Å².